The summed E-state index contributed by atoms with van der Waals surface area (Å²) in [4.78, 5) is 0. The summed E-state index contributed by atoms with van der Waals surface area (Å²) in [6.45, 7) is -7.73. The Kier molecular flexibility index (Phi) is 36.4. The van der Waals surface area contributed by atoms with Crippen LogP contribution in [0.25, 0.3) is 0 Å². The molecule has 0 aromatic carbocycles. The van der Waals surface area contributed by atoms with Crippen molar-refractivity contribution >= 4 is 0 Å². The van der Waals surface area contributed by atoms with Crippen molar-refractivity contribution < 1.29 is 225 Å². The number of rotatable bonds is 26. The van der Waals surface area contributed by atoms with Crippen LogP contribution in [0.15, 0.2) is 0 Å². The van der Waals surface area contributed by atoms with Crippen molar-refractivity contribution in [1.82, 2.24) is 0 Å². The SMILES string of the molecule is NC1C(OC2C(CO)OC(OC3C(CO)OC(OC4C(CO)OC(OC5C(CO)OC(O)C(N)C5O)C(N)C4O)C(N)C3O)C(N)C2O)OC(CO)C(O)C1O.NC1C(OC2C(CO)OC(OC3C(CO)OC(OC4C(CO)OC(OC5C(CO)OC(O)C(N)C5O)C(N)C4O)C(N)C3O)C(N)C2O)OC(CO)C(O)C1O.[Fe]. The first kappa shape index (κ1) is 96.9. The van der Waals surface area contributed by atoms with Gasteiger partial charge in [0.25, 0.3) is 0 Å². The molecule has 10 rings (SSSR count). The molecule has 0 aromatic rings. The van der Waals surface area contributed by atoms with E-state index in [0.717, 1.165) is 0 Å². The van der Waals surface area contributed by atoms with Crippen LogP contribution in [0.1, 0.15) is 0 Å². The molecule has 52 nitrogen and oxygen atoms in total. The first-order valence-corrected chi connectivity index (χ1v) is 36.0. The van der Waals surface area contributed by atoms with Gasteiger partial charge in [-0.1, -0.05) is 0 Å². The molecule has 50 unspecified atom stereocenters. The minimum atomic E-state index is -1.74. The maximum Gasteiger partial charge on any atom is 0.176 e. The fourth-order valence-corrected chi connectivity index (χ4v) is 14.5. The zero-order valence-electron chi connectivity index (χ0n) is 60.1. The molecule has 0 aromatic heterocycles. The summed E-state index contributed by atoms with van der Waals surface area (Å²) >= 11 is 0. The maximum atomic E-state index is 11.3. The molecule has 0 bridgehead atoms. The Balaban J connectivity index is 0.000000281. The van der Waals surface area contributed by atoms with E-state index in [4.69, 9.17) is 143 Å². The topological polar surface area (TPSA) is 912 Å². The number of aliphatic hydroxyl groups is 24. The van der Waals surface area contributed by atoms with Crippen LogP contribution in [-0.4, -0.2) is 495 Å². The molecule has 10 aliphatic rings. The molecule has 10 heterocycles. The van der Waals surface area contributed by atoms with Crippen LogP contribution in [0.5, 0.6) is 0 Å². The van der Waals surface area contributed by atoms with Crippen molar-refractivity contribution in [1.29, 1.82) is 0 Å². The second-order valence-electron chi connectivity index (χ2n) is 28.8. The van der Waals surface area contributed by atoms with Crippen molar-refractivity contribution in [2.75, 3.05) is 66.1 Å². The first-order valence-electron chi connectivity index (χ1n) is 36.0. The maximum absolute atomic E-state index is 11.3. The fraction of sp³-hybridized carbons (Fsp3) is 1.00. The predicted molar refractivity (Wildman–Crippen MR) is 353 cm³/mol. The van der Waals surface area contributed by atoms with Crippen molar-refractivity contribution in [3.63, 3.8) is 0 Å². The summed E-state index contributed by atoms with van der Waals surface area (Å²) < 4.78 is 102. The predicted octanol–water partition coefficient (Wildman–Crippen LogP) is -24.2. The third kappa shape index (κ3) is 20.7. The van der Waals surface area contributed by atoms with Crippen molar-refractivity contribution in [3.8, 4) is 0 Å². The molecule has 53 heteroatoms. The Bertz CT molecular complexity index is 2620. The Morgan fingerprint density at radius 1 is 0.168 bits per heavy atom. The summed E-state index contributed by atoms with van der Waals surface area (Å²) in [5.41, 5.74) is 60.8. The molecule has 0 saturated carbocycles. The molecule has 0 spiro atoms. The molecule has 10 aliphatic heterocycles. The molecule has 10 saturated heterocycles. The molecular weight excluding hydrogens is 1590 g/mol. The summed E-state index contributed by atoms with van der Waals surface area (Å²) in [7, 11) is 0. The van der Waals surface area contributed by atoms with E-state index in [1.807, 2.05) is 0 Å². The Morgan fingerprint density at radius 3 is 0.442 bits per heavy atom. The Morgan fingerprint density at radius 2 is 0.292 bits per heavy atom. The number of nitrogens with two attached hydrogens (primary N) is 10. The van der Waals surface area contributed by atoms with E-state index < -0.39 is 373 Å². The largest absolute Gasteiger partial charge is 0.394 e. The van der Waals surface area contributed by atoms with E-state index in [0.29, 0.717) is 0 Å². The van der Waals surface area contributed by atoms with Gasteiger partial charge in [0.1, 0.15) is 183 Å². The average molecular weight is 1700 g/mol. The van der Waals surface area contributed by atoms with Gasteiger partial charge >= 0.3 is 0 Å². The van der Waals surface area contributed by atoms with Crippen molar-refractivity contribution in [2.24, 2.45) is 57.3 Å². The standard InChI is InChI=1S/2C30H57N5O21.Fe/c2*31-11-18(43)22(7(2-37)48-26(11)47)53-28-13(33)20(45)24(9(4-39)50-28)55-30-15(35)21(46)25(10(5-40)52-30)56-29-14(34)19(44)23(8(3-38)51-29)54-27-12(32)17(42)16(41)6(1-36)49-27;/h2*6-30,36-47H,1-5,31-35H2;. The third-order valence-electron chi connectivity index (χ3n) is 21.4. The van der Waals surface area contributed by atoms with Crippen LogP contribution < -0.4 is 57.3 Å². The Labute approximate surface area is 652 Å². The van der Waals surface area contributed by atoms with Crippen LogP contribution in [-0.2, 0) is 102 Å². The van der Waals surface area contributed by atoms with Gasteiger partial charge in [0.05, 0.1) is 126 Å². The van der Waals surface area contributed by atoms with E-state index in [9.17, 15) is 123 Å². The number of hydrogen-bond donors (Lipinski definition) is 34. The van der Waals surface area contributed by atoms with E-state index in [1.165, 1.54) is 0 Å². The molecule has 0 radical (unpaired) electrons. The normalized spacial score (nSPS) is 52.7. The Hall–Kier alpha value is -1.56. The average Bonchev–Trinajstić information content (AvgIpc) is 0.794. The molecule has 113 heavy (non-hydrogen) atoms. The molecule has 50 atom stereocenters. The number of aliphatic hydroxyl groups excluding tert-OH is 24. The monoisotopic (exact) mass is 1700 g/mol. The van der Waals surface area contributed by atoms with Crippen molar-refractivity contribution in [3.05, 3.63) is 0 Å². The molecular formula is C60H114FeN10O42. The van der Waals surface area contributed by atoms with Gasteiger partial charge in [0, 0.05) is 17.1 Å². The van der Waals surface area contributed by atoms with Crippen LogP contribution in [0, 0.1) is 0 Å². The molecule has 0 amide bonds. The second-order valence-corrected chi connectivity index (χ2v) is 28.8. The van der Waals surface area contributed by atoms with Gasteiger partial charge < -0.3 is 265 Å². The molecule has 44 N–H and O–H groups in total. The number of ether oxygens (including phenoxy) is 18. The van der Waals surface area contributed by atoms with Crippen molar-refractivity contribution in [2.45, 2.75) is 306 Å². The van der Waals surface area contributed by atoms with Crippen LogP contribution in [0.2, 0.25) is 0 Å². The van der Waals surface area contributed by atoms with Gasteiger partial charge in [0.2, 0.25) is 0 Å². The third-order valence-corrected chi connectivity index (χ3v) is 21.4. The van der Waals surface area contributed by atoms with E-state index in [-0.39, 0.29) is 17.1 Å². The van der Waals surface area contributed by atoms with E-state index in [1.54, 1.807) is 0 Å². The van der Waals surface area contributed by atoms with Gasteiger partial charge in [-0.3, -0.25) is 0 Å². The van der Waals surface area contributed by atoms with Gasteiger partial charge in [0.15, 0.2) is 62.9 Å². The summed E-state index contributed by atoms with van der Waals surface area (Å²) in [5.74, 6) is 0. The molecule has 0 aliphatic carbocycles. The zero-order valence-corrected chi connectivity index (χ0v) is 61.3. The zero-order chi connectivity index (χ0) is 82.7. The first-order chi connectivity index (χ1) is 53.0. The minimum absolute atomic E-state index is 0. The molecule has 664 valence electrons. The summed E-state index contributed by atoms with van der Waals surface area (Å²) in [6.07, 6.45) is -61.0. The minimum Gasteiger partial charge on any atom is -0.394 e. The van der Waals surface area contributed by atoms with Crippen LogP contribution in [0.3, 0.4) is 0 Å². The number of hydrogen-bond acceptors (Lipinski definition) is 52. The van der Waals surface area contributed by atoms with E-state index in [2.05, 4.69) is 0 Å². The van der Waals surface area contributed by atoms with Crippen LogP contribution >= 0.6 is 0 Å². The fourth-order valence-electron chi connectivity index (χ4n) is 14.5. The van der Waals surface area contributed by atoms with Gasteiger partial charge in [-0.2, -0.15) is 0 Å². The van der Waals surface area contributed by atoms with Gasteiger partial charge in [-0.05, 0) is 0 Å². The van der Waals surface area contributed by atoms with Gasteiger partial charge in [-0.15, -0.1) is 0 Å². The second kappa shape index (κ2) is 42.5. The molecule has 10 fully saturated rings. The quantitative estimate of drug-likeness (QED) is 0.0358. The van der Waals surface area contributed by atoms with Crippen LogP contribution in [0.4, 0.5) is 0 Å². The smallest absolute Gasteiger partial charge is 0.176 e. The van der Waals surface area contributed by atoms with Gasteiger partial charge in [-0.25, -0.2) is 0 Å². The van der Waals surface area contributed by atoms with E-state index >= 15 is 0 Å². The summed E-state index contributed by atoms with van der Waals surface area (Å²) in [5, 5.41) is 249. The summed E-state index contributed by atoms with van der Waals surface area (Å²) in [6, 6.07) is -14.3.